The summed E-state index contributed by atoms with van der Waals surface area (Å²) in [6.07, 6.45) is 2.16. The van der Waals surface area contributed by atoms with Crippen molar-refractivity contribution in [3.8, 4) is 6.07 Å². The van der Waals surface area contributed by atoms with Crippen molar-refractivity contribution in [3.63, 3.8) is 0 Å². The van der Waals surface area contributed by atoms with Crippen LogP contribution in [0.2, 0.25) is 0 Å². The first kappa shape index (κ1) is 11.7. The van der Waals surface area contributed by atoms with Crippen LogP contribution >= 0.6 is 0 Å². The van der Waals surface area contributed by atoms with Crippen molar-refractivity contribution in [2.75, 3.05) is 17.6 Å². The van der Waals surface area contributed by atoms with Crippen molar-refractivity contribution in [2.45, 2.75) is 38.3 Å². The number of aliphatic hydroxyl groups excluding tert-OH is 1. The number of nitrogen functional groups attached to an aromatic ring is 1. The van der Waals surface area contributed by atoms with E-state index in [1.807, 2.05) is 6.92 Å². The van der Waals surface area contributed by atoms with E-state index in [1.54, 1.807) is 4.68 Å². The summed E-state index contributed by atoms with van der Waals surface area (Å²) in [5.74, 6) is 0.848. The third-order valence-corrected chi connectivity index (χ3v) is 3.16. The minimum atomic E-state index is -0.418. The largest absolute Gasteiger partial charge is 0.391 e. The lowest BCUT2D eigenvalue weighted by Gasteiger charge is -2.16. The highest BCUT2D eigenvalue weighted by Gasteiger charge is 2.30. The van der Waals surface area contributed by atoms with Gasteiger partial charge in [0.15, 0.2) is 5.82 Å². The number of aliphatic hydroxyl groups is 1. The van der Waals surface area contributed by atoms with E-state index in [2.05, 4.69) is 16.5 Å². The average Bonchev–Trinajstić information content (AvgIpc) is 2.84. The van der Waals surface area contributed by atoms with E-state index in [9.17, 15) is 5.11 Å². The molecule has 6 heteroatoms. The van der Waals surface area contributed by atoms with Crippen LogP contribution in [0.15, 0.2) is 0 Å². The molecule has 1 aliphatic rings. The first-order valence-electron chi connectivity index (χ1n) is 5.89. The van der Waals surface area contributed by atoms with Crippen LogP contribution in [0.3, 0.4) is 0 Å². The lowest BCUT2D eigenvalue weighted by atomic mass is 10.2. The van der Waals surface area contributed by atoms with Gasteiger partial charge in [0.05, 0.1) is 12.1 Å². The zero-order valence-electron chi connectivity index (χ0n) is 9.85. The molecule has 0 amide bonds. The third-order valence-electron chi connectivity index (χ3n) is 3.16. The Bertz CT molecular complexity index is 447. The van der Waals surface area contributed by atoms with Crippen molar-refractivity contribution >= 4 is 11.6 Å². The summed E-state index contributed by atoms with van der Waals surface area (Å²) in [5, 5.41) is 26.2. The molecule has 0 bridgehead atoms. The minimum absolute atomic E-state index is 0.102. The lowest BCUT2D eigenvalue weighted by Crippen LogP contribution is -2.21. The van der Waals surface area contributed by atoms with E-state index < -0.39 is 6.10 Å². The number of nitriles is 1. The van der Waals surface area contributed by atoms with Crippen LogP contribution in [0.4, 0.5) is 11.6 Å². The lowest BCUT2D eigenvalue weighted by molar-refractivity contribution is 0.131. The Balaban J connectivity index is 2.38. The third kappa shape index (κ3) is 1.94. The molecule has 1 aliphatic carbocycles. The highest BCUT2D eigenvalue weighted by molar-refractivity contribution is 5.63. The fourth-order valence-corrected chi connectivity index (χ4v) is 2.31. The topological polar surface area (TPSA) is 99.9 Å². The van der Waals surface area contributed by atoms with Crippen molar-refractivity contribution in [3.05, 3.63) is 5.56 Å². The molecule has 4 N–H and O–H groups in total. The maximum absolute atomic E-state index is 9.85. The van der Waals surface area contributed by atoms with Gasteiger partial charge in [0.25, 0.3) is 0 Å². The fourth-order valence-electron chi connectivity index (χ4n) is 2.31. The Kier molecular flexibility index (Phi) is 3.20. The Morgan fingerprint density at radius 3 is 2.94 bits per heavy atom. The number of anilines is 2. The summed E-state index contributed by atoms with van der Waals surface area (Å²) in [7, 11) is 0. The molecule has 1 fully saturated rings. The van der Waals surface area contributed by atoms with E-state index in [-0.39, 0.29) is 6.04 Å². The monoisotopic (exact) mass is 235 g/mol. The molecule has 2 unspecified atom stereocenters. The molecule has 1 saturated carbocycles. The normalized spacial score (nSPS) is 23.6. The molecule has 0 saturated heterocycles. The Morgan fingerprint density at radius 2 is 2.41 bits per heavy atom. The van der Waals surface area contributed by atoms with Crippen LogP contribution < -0.4 is 11.1 Å². The van der Waals surface area contributed by atoms with Gasteiger partial charge in [-0.3, -0.25) is 0 Å². The molecular formula is C11H17N5O. The molecule has 6 nitrogen and oxygen atoms in total. The maximum atomic E-state index is 9.85. The highest BCUT2D eigenvalue weighted by Crippen LogP contribution is 2.34. The molecule has 0 radical (unpaired) electrons. The zero-order chi connectivity index (χ0) is 12.4. The van der Waals surface area contributed by atoms with E-state index in [4.69, 9.17) is 11.0 Å². The van der Waals surface area contributed by atoms with Crippen LogP contribution in [0.5, 0.6) is 0 Å². The van der Waals surface area contributed by atoms with Gasteiger partial charge in [-0.25, -0.2) is 4.68 Å². The van der Waals surface area contributed by atoms with Crippen molar-refractivity contribution < 1.29 is 5.11 Å². The smallest absolute Gasteiger partial charge is 0.168 e. The summed E-state index contributed by atoms with van der Waals surface area (Å²) in [6.45, 7) is 2.61. The van der Waals surface area contributed by atoms with Gasteiger partial charge in [0.1, 0.15) is 17.5 Å². The summed E-state index contributed by atoms with van der Waals surface area (Å²) < 4.78 is 1.59. The molecule has 2 rings (SSSR count). The second kappa shape index (κ2) is 4.63. The zero-order valence-corrected chi connectivity index (χ0v) is 9.85. The van der Waals surface area contributed by atoms with Crippen LogP contribution in [-0.2, 0) is 0 Å². The molecule has 0 spiro atoms. The van der Waals surface area contributed by atoms with Gasteiger partial charge in [-0.05, 0) is 26.2 Å². The van der Waals surface area contributed by atoms with E-state index in [0.717, 1.165) is 19.3 Å². The predicted molar refractivity (Wildman–Crippen MR) is 64.4 cm³/mol. The average molecular weight is 235 g/mol. The Morgan fingerprint density at radius 1 is 1.65 bits per heavy atom. The van der Waals surface area contributed by atoms with Gasteiger partial charge in [0, 0.05) is 6.54 Å². The van der Waals surface area contributed by atoms with Crippen molar-refractivity contribution in [2.24, 2.45) is 0 Å². The quantitative estimate of drug-likeness (QED) is 0.721. The maximum Gasteiger partial charge on any atom is 0.168 e. The first-order chi connectivity index (χ1) is 8.19. The van der Waals surface area contributed by atoms with Gasteiger partial charge in [-0.2, -0.15) is 10.4 Å². The summed E-state index contributed by atoms with van der Waals surface area (Å²) in [6, 6.07) is 1.95. The molecule has 1 heterocycles. The molecule has 0 aromatic carbocycles. The Labute approximate surface area is 100 Å². The molecule has 0 aliphatic heterocycles. The van der Waals surface area contributed by atoms with Crippen LogP contribution in [-0.4, -0.2) is 27.5 Å². The number of rotatable bonds is 3. The van der Waals surface area contributed by atoms with Gasteiger partial charge in [0.2, 0.25) is 0 Å². The summed E-state index contributed by atoms with van der Waals surface area (Å²) >= 11 is 0. The van der Waals surface area contributed by atoms with Crippen LogP contribution in [0.25, 0.3) is 0 Å². The van der Waals surface area contributed by atoms with Crippen LogP contribution in [0, 0.1) is 11.3 Å². The van der Waals surface area contributed by atoms with E-state index >= 15 is 0 Å². The molecule has 1 aromatic rings. The number of nitrogens with two attached hydrogens (primary N) is 1. The number of hydrogen-bond donors (Lipinski definition) is 3. The second-order valence-corrected chi connectivity index (χ2v) is 4.26. The predicted octanol–water partition coefficient (Wildman–Crippen LogP) is 0.855. The molecular weight excluding hydrogens is 218 g/mol. The molecule has 92 valence electrons. The summed E-state index contributed by atoms with van der Waals surface area (Å²) in [5.41, 5.74) is 6.28. The SMILES string of the molecule is CCNc1nn(C2CCCC2O)c(N)c1C#N. The second-order valence-electron chi connectivity index (χ2n) is 4.26. The number of hydrogen-bond acceptors (Lipinski definition) is 5. The van der Waals surface area contributed by atoms with Crippen molar-refractivity contribution in [1.82, 2.24) is 9.78 Å². The number of nitrogens with zero attached hydrogens (tertiary/aromatic N) is 3. The van der Waals surface area contributed by atoms with Gasteiger partial charge >= 0.3 is 0 Å². The first-order valence-corrected chi connectivity index (χ1v) is 5.89. The Hall–Kier alpha value is -1.74. The molecule has 1 aromatic heterocycles. The minimum Gasteiger partial charge on any atom is -0.391 e. The van der Waals surface area contributed by atoms with Gasteiger partial charge in [-0.15, -0.1) is 0 Å². The van der Waals surface area contributed by atoms with Gasteiger partial charge < -0.3 is 16.2 Å². The number of aromatic nitrogens is 2. The summed E-state index contributed by atoms with van der Waals surface area (Å²) in [4.78, 5) is 0. The molecule has 17 heavy (non-hydrogen) atoms. The molecule has 2 atom stereocenters. The van der Waals surface area contributed by atoms with E-state index in [1.165, 1.54) is 0 Å². The fraction of sp³-hybridized carbons (Fsp3) is 0.636. The van der Waals surface area contributed by atoms with E-state index in [0.29, 0.717) is 23.7 Å². The standard InChI is InChI=1S/C11H17N5O/c1-2-14-11-7(6-12)10(13)16(15-11)8-4-3-5-9(8)17/h8-9,17H,2-5,13H2,1H3,(H,14,15). The highest BCUT2D eigenvalue weighted by atomic mass is 16.3. The van der Waals surface area contributed by atoms with Crippen molar-refractivity contribution in [1.29, 1.82) is 5.26 Å². The number of nitrogens with one attached hydrogen (secondary N) is 1. The van der Waals surface area contributed by atoms with Gasteiger partial charge in [-0.1, -0.05) is 0 Å². The van der Waals surface area contributed by atoms with Crippen LogP contribution in [0.1, 0.15) is 37.8 Å².